The Morgan fingerprint density at radius 2 is 2.38 bits per heavy atom. The van der Waals surface area contributed by atoms with Crippen molar-refractivity contribution < 1.29 is 13.9 Å². The fourth-order valence-corrected chi connectivity index (χ4v) is 1.20. The van der Waals surface area contributed by atoms with E-state index in [0.717, 1.165) is 6.20 Å². The Morgan fingerprint density at radius 1 is 1.50 bits per heavy atom. The van der Waals surface area contributed by atoms with Crippen LogP contribution in [0.25, 0.3) is 11.4 Å². The molecular weight excluding hydrogens is 213 g/mol. The normalized spacial score (nSPS) is 10.4. The summed E-state index contributed by atoms with van der Waals surface area (Å²) in [5.74, 6) is -0.114. The second-order valence-electron chi connectivity index (χ2n) is 3.05. The molecule has 2 heterocycles. The number of furan rings is 1. The van der Waals surface area contributed by atoms with E-state index in [0.29, 0.717) is 11.4 Å². The molecule has 0 aliphatic rings. The number of hydrogen-bond acceptors (Lipinski definition) is 5. The van der Waals surface area contributed by atoms with Gasteiger partial charge < -0.3 is 14.8 Å². The molecule has 0 fully saturated rings. The molecule has 0 saturated heterocycles. The first-order chi connectivity index (χ1) is 7.81. The predicted octanol–water partition coefficient (Wildman–Crippen LogP) is 1.28. The summed E-state index contributed by atoms with van der Waals surface area (Å²) in [7, 11) is 0. The first kappa shape index (κ1) is 10.6. The van der Waals surface area contributed by atoms with Crippen LogP contribution in [0, 0.1) is 5.82 Å². The summed E-state index contributed by atoms with van der Waals surface area (Å²) in [6, 6.07) is 1.68. The number of hydrogen-bond donors (Lipinski definition) is 2. The van der Waals surface area contributed by atoms with E-state index >= 15 is 0 Å². The quantitative estimate of drug-likeness (QED) is 0.817. The largest absolute Gasteiger partial charge is 0.472 e. The molecule has 0 saturated carbocycles. The summed E-state index contributed by atoms with van der Waals surface area (Å²) in [6.07, 6.45) is 4.04. The van der Waals surface area contributed by atoms with Crippen LogP contribution in [-0.2, 0) is 0 Å². The lowest BCUT2D eigenvalue weighted by molar-refractivity contribution is 0.310. The first-order valence-electron chi connectivity index (χ1n) is 4.71. The van der Waals surface area contributed by atoms with Gasteiger partial charge in [0.05, 0.1) is 24.6 Å². The third-order valence-corrected chi connectivity index (χ3v) is 1.93. The van der Waals surface area contributed by atoms with Crippen molar-refractivity contribution in [3.63, 3.8) is 0 Å². The standard InChI is InChI=1S/C10H10FN3O2/c11-8-5-13-9(7-1-4-16-6-7)14-10(8)12-2-3-15/h1,4-6,15H,2-3H2,(H,12,13,14). The molecule has 0 spiro atoms. The number of aromatic nitrogens is 2. The second kappa shape index (κ2) is 4.71. The van der Waals surface area contributed by atoms with Crippen LogP contribution in [0.4, 0.5) is 10.2 Å². The van der Waals surface area contributed by atoms with Gasteiger partial charge in [0, 0.05) is 6.54 Å². The Hall–Kier alpha value is -1.95. The van der Waals surface area contributed by atoms with Gasteiger partial charge in [-0.2, -0.15) is 0 Å². The van der Waals surface area contributed by atoms with Crippen LogP contribution in [0.1, 0.15) is 0 Å². The van der Waals surface area contributed by atoms with E-state index in [4.69, 9.17) is 9.52 Å². The predicted molar refractivity (Wildman–Crippen MR) is 55.3 cm³/mol. The van der Waals surface area contributed by atoms with Gasteiger partial charge in [-0.3, -0.25) is 0 Å². The molecule has 16 heavy (non-hydrogen) atoms. The van der Waals surface area contributed by atoms with Gasteiger partial charge in [0.25, 0.3) is 0 Å². The average Bonchev–Trinajstić information content (AvgIpc) is 2.81. The first-order valence-corrected chi connectivity index (χ1v) is 4.71. The van der Waals surface area contributed by atoms with Crippen molar-refractivity contribution in [3.05, 3.63) is 30.6 Å². The van der Waals surface area contributed by atoms with Crippen molar-refractivity contribution in [2.45, 2.75) is 0 Å². The highest BCUT2D eigenvalue weighted by atomic mass is 19.1. The number of nitrogens with one attached hydrogen (secondary N) is 1. The molecular formula is C10H10FN3O2. The lowest BCUT2D eigenvalue weighted by Gasteiger charge is -2.05. The summed E-state index contributed by atoms with van der Waals surface area (Å²) < 4.78 is 18.1. The summed E-state index contributed by atoms with van der Waals surface area (Å²) in [4.78, 5) is 7.82. The van der Waals surface area contributed by atoms with E-state index in [-0.39, 0.29) is 19.0 Å². The third kappa shape index (κ3) is 2.17. The molecule has 0 atom stereocenters. The Balaban J connectivity index is 2.28. The zero-order valence-corrected chi connectivity index (χ0v) is 8.35. The Labute approximate surface area is 91.0 Å². The number of rotatable bonds is 4. The van der Waals surface area contributed by atoms with Gasteiger partial charge in [-0.25, -0.2) is 14.4 Å². The van der Waals surface area contributed by atoms with Crippen molar-refractivity contribution >= 4 is 5.82 Å². The molecule has 2 rings (SSSR count). The smallest absolute Gasteiger partial charge is 0.183 e. The number of anilines is 1. The van der Waals surface area contributed by atoms with Gasteiger partial charge in [0.15, 0.2) is 17.5 Å². The van der Waals surface area contributed by atoms with Gasteiger partial charge >= 0.3 is 0 Å². The summed E-state index contributed by atoms with van der Waals surface area (Å²) >= 11 is 0. The Bertz CT molecular complexity index is 459. The van der Waals surface area contributed by atoms with Gasteiger partial charge in [0.2, 0.25) is 0 Å². The third-order valence-electron chi connectivity index (χ3n) is 1.93. The topological polar surface area (TPSA) is 71.2 Å². The van der Waals surface area contributed by atoms with E-state index in [2.05, 4.69) is 15.3 Å². The maximum Gasteiger partial charge on any atom is 0.183 e. The van der Waals surface area contributed by atoms with Crippen LogP contribution in [0.2, 0.25) is 0 Å². The fourth-order valence-electron chi connectivity index (χ4n) is 1.20. The van der Waals surface area contributed by atoms with Gasteiger partial charge in [-0.05, 0) is 6.07 Å². The zero-order valence-electron chi connectivity index (χ0n) is 8.35. The van der Waals surface area contributed by atoms with E-state index in [9.17, 15) is 4.39 Å². The highest BCUT2D eigenvalue weighted by Crippen LogP contribution is 2.18. The van der Waals surface area contributed by atoms with Gasteiger partial charge in [0.1, 0.15) is 6.26 Å². The monoisotopic (exact) mass is 223 g/mol. The molecule has 0 unspecified atom stereocenters. The molecule has 0 aromatic carbocycles. The Morgan fingerprint density at radius 3 is 3.06 bits per heavy atom. The summed E-state index contributed by atoms with van der Waals surface area (Å²) in [5, 5.41) is 11.3. The maximum absolute atomic E-state index is 13.2. The zero-order chi connectivity index (χ0) is 11.4. The van der Waals surface area contributed by atoms with Crippen molar-refractivity contribution in [2.24, 2.45) is 0 Å². The second-order valence-corrected chi connectivity index (χ2v) is 3.05. The molecule has 5 nitrogen and oxygen atoms in total. The van der Waals surface area contributed by atoms with Gasteiger partial charge in [-0.1, -0.05) is 0 Å². The van der Waals surface area contributed by atoms with Crippen LogP contribution >= 0.6 is 0 Å². The van der Waals surface area contributed by atoms with Crippen molar-refractivity contribution in [2.75, 3.05) is 18.5 Å². The molecule has 0 aliphatic carbocycles. The minimum atomic E-state index is -0.555. The fraction of sp³-hybridized carbons (Fsp3) is 0.200. The Kier molecular flexibility index (Phi) is 3.11. The molecule has 0 radical (unpaired) electrons. The van der Waals surface area contributed by atoms with E-state index in [1.165, 1.54) is 12.5 Å². The maximum atomic E-state index is 13.2. The van der Waals surface area contributed by atoms with Crippen LogP contribution in [0.15, 0.2) is 29.2 Å². The number of aliphatic hydroxyl groups excluding tert-OH is 1. The van der Waals surface area contributed by atoms with Crippen LogP contribution in [0.3, 0.4) is 0 Å². The highest BCUT2D eigenvalue weighted by molar-refractivity contribution is 5.55. The number of nitrogens with zero attached hydrogens (tertiary/aromatic N) is 2. The highest BCUT2D eigenvalue weighted by Gasteiger charge is 2.08. The number of aliphatic hydroxyl groups is 1. The molecule has 2 N–H and O–H groups in total. The van der Waals surface area contributed by atoms with E-state index in [1.807, 2.05) is 0 Å². The van der Waals surface area contributed by atoms with Crippen LogP contribution in [0.5, 0.6) is 0 Å². The summed E-state index contributed by atoms with van der Waals surface area (Å²) in [5.41, 5.74) is 0.673. The van der Waals surface area contributed by atoms with Crippen molar-refractivity contribution in [1.29, 1.82) is 0 Å². The molecule has 84 valence electrons. The average molecular weight is 223 g/mol. The minimum Gasteiger partial charge on any atom is -0.472 e. The molecule has 0 bridgehead atoms. The molecule has 2 aromatic heterocycles. The lowest BCUT2D eigenvalue weighted by Crippen LogP contribution is -2.09. The van der Waals surface area contributed by atoms with Crippen molar-refractivity contribution in [1.82, 2.24) is 9.97 Å². The SMILES string of the molecule is OCCNc1nc(-c2ccoc2)ncc1F. The van der Waals surface area contributed by atoms with Gasteiger partial charge in [-0.15, -0.1) is 0 Å². The summed E-state index contributed by atoms with van der Waals surface area (Å²) in [6.45, 7) is 0.142. The minimum absolute atomic E-state index is 0.0697. The van der Waals surface area contributed by atoms with Crippen LogP contribution < -0.4 is 5.32 Å². The lowest BCUT2D eigenvalue weighted by atomic mass is 10.3. The number of halogens is 1. The van der Waals surface area contributed by atoms with Crippen LogP contribution in [-0.4, -0.2) is 28.2 Å². The molecule has 2 aromatic rings. The molecule has 0 aliphatic heterocycles. The van der Waals surface area contributed by atoms with Crippen molar-refractivity contribution in [3.8, 4) is 11.4 Å². The molecule has 6 heteroatoms. The van der Waals surface area contributed by atoms with E-state index < -0.39 is 5.82 Å². The molecule has 0 amide bonds. The van der Waals surface area contributed by atoms with E-state index in [1.54, 1.807) is 6.07 Å².